The fourth-order valence-electron chi connectivity index (χ4n) is 2.72. The smallest absolute Gasteiger partial charge is 0.165 e. The third-order valence-corrected chi connectivity index (χ3v) is 4.46. The largest absolute Gasteiger partial charge is 0.485 e. The summed E-state index contributed by atoms with van der Waals surface area (Å²) in [5.74, 6) is 0.404. The molecule has 1 atom stereocenters. The molecule has 0 amide bonds. The summed E-state index contributed by atoms with van der Waals surface area (Å²) in [6.45, 7) is 19.4. The van der Waals surface area contributed by atoms with Crippen molar-refractivity contribution in [2.75, 3.05) is 0 Å². The molecule has 0 aliphatic carbocycles. The maximum absolute atomic E-state index is 14.6. The van der Waals surface area contributed by atoms with Crippen molar-refractivity contribution in [2.24, 2.45) is 10.8 Å². The Morgan fingerprint density at radius 2 is 1.57 bits per heavy atom. The van der Waals surface area contributed by atoms with Gasteiger partial charge in [-0.1, -0.05) is 54.5 Å². The zero-order valence-corrected chi connectivity index (χ0v) is 16.5. The molecule has 1 rings (SSSR count). The standard InChI is InChI=1S/C21H35FO/c1-10-21(8,9)23-18-12-11-15(13-17(18)22)16(20(5,6)7)14-19(2,3)4/h11-13,16H,10,14H2,1-9H3. The molecular formula is C21H35FO. The van der Waals surface area contributed by atoms with Crippen LogP contribution in [-0.2, 0) is 0 Å². The van der Waals surface area contributed by atoms with Crippen molar-refractivity contribution in [3.05, 3.63) is 29.6 Å². The molecule has 0 aliphatic rings. The predicted octanol–water partition coefficient (Wildman–Crippen LogP) is 6.96. The second kappa shape index (κ2) is 6.83. The van der Waals surface area contributed by atoms with E-state index in [0.29, 0.717) is 11.7 Å². The second-order valence-corrected chi connectivity index (χ2v) is 9.59. The van der Waals surface area contributed by atoms with Crippen LogP contribution in [0.15, 0.2) is 18.2 Å². The highest BCUT2D eigenvalue weighted by Crippen LogP contribution is 2.43. The van der Waals surface area contributed by atoms with Crippen molar-refractivity contribution in [3.8, 4) is 5.75 Å². The van der Waals surface area contributed by atoms with Crippen LogP contribution in [0.3, 0.4) is 0 Å². The molecule has 23 heavy (non-hydrogen) atoms. The number of hydrogen-bond donors (Lipinski definition) is 0. The van der Waals surface area contributed by atoms with Crippen molar-refractivity contribution in [1.29, 1.82) is 0 Å². The van der Waals surface area contributed by atoms with Gasteiger partial charge in [0.1, 0.15) is 5.60 Å². The van der Waals surface area contributed by atoms with E-state index in [2.05, 4.69) is 41.5 Å². The molecule has 2 heteroatoms. The Hall–Kier alpha value is -1.05. The van der Waals surface area contributed by atoms with Gasteiger partial charge in [-0.3, -0.25) is 0 Å². The van der Waals surface area contributed by atoms with Crippen LogP contribution in [0.1, 0.15) is 86.6 Å². The lowest BCUT2D eigenvalue weighted by Crippen LogP contribution is -2.27. The van der Waals surface area contributed by atoms with Gasteiger partial charge in [-0.05, 0) is 61.1 Å². The molecule has 0 radical (unpaired) electrons. The number of rotatable bonds is 5. The lowest BCUT2D eigenvalue weighted by Gasteiger charge is -2.36. The first-order chi connectivity index (χ1) is 10.2. The summed E-state index contributed by atoms with van der Waals surface area (Å²) in [5.41, 5.74) is 1.00. The van der Waals surface area contributed by atoms with Gasteiger partial charge in [0.05, 0.1) is 0 Å². The first kappa shape index (κ1) is 20.0. The number of benzene rings is 1. The monoisotopic (exact) mass is 322 g/mol. The molecule has 0 saturated heterocycles. The van der Waals surface area contributed by atoms with Gasteiger partial charge in [-0.15, -0.1) is 0 Å². The van der Waals surface area contributed by atoms with Gasteiger partial charge in [0.15, 0.2) is 11.6 Å². The van der Waals surface area contributed by atoms with Gasteiger partial charge >= 0.3 is 0 Å². The van der Waals surface area contributed by atoms with Crippen LogP contribution in [0.2, 0.25) is 0 Å². The summed E-state index contributed by atoms with van der Waals surface area (Å²) >= 11 is 0. The van der Waals surface area contributed by atoms with Gasteiger partial charge in [0, 0.05) is 0 Å². The Balaban J connectivity index is 3.14. The number of ether oxygens (including phenoxy) is 1. The summed E-state index contributed by atoms with van der Waals surface area (Å²) in [4.78, 5) is 0. The fourth-order valence-corrected chi connectivity index (χ4v) is 2.72. The molecule has 0 aromatic heterocycles. The van der Waals surface area contributed by atoms with Gasteiger partial charge < -0.3 is 4.74 Å². The van der Waals surface area contributed by atoms with Crippen LogP contribution in [0.25, 0.3) is 0 Å². The van der Waals surface area contributed by atoms with E-state index in [1.807, 2.05) is 26.8 Å². The van der Waals surface area contributed by atoms with E-state index in [1.165, 1.54) is 0 Å². The molecule has 1 aromatic rings. The van der Waals surface area contributed by atoms with Crippen LogP contribution in [0.4, 0.5) is 4.39 Å². The minimum atomic E-state index is -0.350. The first-order valence-electron chi connectivity index (χ1n) is 8.74. The van der Waals surface area contributed by atoms with E-state index in [1.54, 1.807) is 12.1 Å². The van der Waals surface area contributed by atoms with Gasteiger partial charge in [0.25, 0.3) is 0 Å². The minimum Gasteiger partial charge on any atom is -0.485 e. The van der Waals surface area contributed by atoms with Crippen LogP contribution in [0.5, 0.6) is 5.75 Å². The average molecular weight is 323 g/mol. The topological polar surface area (TPSA) is 9.23 Å². The fraction of sp³-hybridized carbons (Fsp3) is 0.714. The average Bonchev–Trinajstić information content (AvgIpc) is 2.36. The Morgan fingerprint density at radius 3 is 1.96 bits per heavy atom. The molecular weight excluding hydrogens is 287 g/mol. The normalized spacial score (nSPS) is 14.7. The van der Waals surface area contributed by atoms with Crippen molar-refractivity contribution in [2.45, 2.75) is 86.7 Å². The lowest BCUT2D eigenvalue weighted by atomic mass is 9.69. The second-order valence-electron chi connectivity index (χ2n) is 9.59. The Morgan fingerprint density at radius 1 is 1.00 bits per heavy atom. The molecule has 1 unspecified atom stereocenters. The summed E-state index contributed by atoms with van der Waals surface area (Å²) < 4.78 is 20.4. The van der Waals surface area contributed by atoms with Crippen molar-refractivity contribution < 1.29 is 9.13 Å². The summed E-state index contributed by atoms with van der Waals surface area (Å²) in [6, 6.07) is 5.50. The van der Waals surface area contributed by atoms with Gasteiger partial charge in [-0.2, -0.15) is 0 Å². The Bertz CT molecular complexity index is 518. The van der Waals surface area contributed by atoms with Crippen molar-refractivity contribution in [1.82, 2.24) is 0 Å². The maximum Gasteiger partial charge on any atom is 0.165 e. The Labute approximate surface area is 142 Å². The van der Waals surface area contributed by atoms with Gasteiger partial charge in [0.2, 0.25) is 0 Å². The highest BCUT2D eigenvalue weighted by Gasteiger charge is 2.31. The Kier molecular flexibility index (Phi) is 5.93. The zero-order chi connectivity index (χ0) is 18.1. The predicted molar refractivity (Wildman–Crippen MR) is 97.7 cm³/mol. The highest BCUT2D eigenvalue weighted by atomic mass is 19.1. The van der Waals surface area contributed by atoms with E-state index in [9.17, 15) is 4.39 Å². The SMILES string of the molecule is CCC(C)(C)Oc1ccc(C(CC(C)(C)C)C(C)(C)C)cc1F. The molecule has 0 bridgehead atoms. The highest BCUT2D eigenvalue weighted by molar-refractivity contribution is 5.32. The molecule has 0 saturated carbocycles. The summed E-state index contributed by atoms with van der Waals surface area (Å²) in [7, 11) is 0. The van der Waals surface area contributed by atoms with Crippen LogP contribution >= 0.6 is 0 Å². The van der Waals surface area contributed by atoms with E-state index in [0.717, 1.165) is 18.4 Å². The van der Waals surface area contributed by atoms with Crippen LogP contribution in [0, 0.1) is 16.6 Å². The minimum absolute atomic E-state index is 0.0881. The molecule has 0 fully saturated rings. The van der Waals surface area contributed by atoms with Gasteiger partial charge in [-0.25, -0.2) is 4.39 Å². The van der Waals surface area contributed by atoms with E-state index < -0.39 is 0 Å². The molecule has 1 nitrogen and oxygen atoms in total. The molecule has 1 aromatic carbocycles. The molecule has 0 aliphatic heterocycles. The third kappa shape index (κ3) is 6.16. The summed E-state index contributed by atoms with van der Waals surface area (Å²) in [6.07, 6.45) is 1.86. The summed E-state index contributed by atoms with van der Waals surface area (Å²) in [5, 5.41) is 0. The third-order valence-electron chi connectivity index (χ3n) is 4.46. The van der Waals surface area contributed by atoms with Crippen LogP contribution < -0.4 is 4.74 Å². The van der Waals surface area contributed by atoms with E-state index in [4.69, 9.17) is 4.74 Å². The van der Waals surface area contributed by atoms with E-state index >= 15 is 0 Å². The quantitative estimate of drug-likeness (QED) is 0.569. The lowest BCUT2D eigenvalue weighted by molar-refractivity contribution is 0.0993. The first-order valence-corrected chi connectivity index (χ1v) is 8.74. The molecule has 132 valence electrons. The van der Waals surface area contributed by atoms with Crippen LogP contribution in [-0.4, -0.2) is 5.60 Å². The molecule has 0 heterocycles. The molecule has 0 spiro atoms. The molecule has 0 N–H and O–H groups in total. The van der Waals surface area contributed by atoms with E-state index in [-0.39, 0.29) is 22.2 Å². The zero-order valence-electron chi connectivity index (χ0n) is 16.5. The maximum atomic E-state index is 14.6. The number of halogens is 1. The number of hydrogen-bond acceptors (Lipinski definition) is 1. The van der Waals surface area contributed by atoms with Crippen molar-refractivity contribution >= 4 is 0 Å². The van der Waals surface area contributed by atoms with Crippen molar-refractivity contribution in [3.63, 3.8) is 0 Å².